The topological polar surface area (TPSA) is 48.0 Å². The highest BCUT2D eigenvalue weighted by Gasteiger charge is 2.12. The largest absolute Gasteiger partial charge is 0.441 e. The summed E-state index contributed by atoms with van der Waals surface area (Å²) in [5.41, 5.74) is 0.251. The van der Waals surface area contributed by atoms with Gasteiger partial charge in [0.25, 0.3) is 0 Å². The molecule has 1 aromatic heterocycles. The summed E-state index contributed by atoms with van der Waals surface area (Å²) in [5.74, 6) is -0.854. The Labute approximate surface area is 78.6 Å². The lowest BCUT2D eigenvalue weighted by Gasteiger charge is -1.98. The van der Waals surface area contributed by atoms with Crippen molar-refractivity contribution in [1.29, 1.82) is 0 Å². The zero-order valence-electron chi connectivity index (χ0n) is 7.40. The minimum Gasteiger partial charge on any atom is -0.295 e. The van der Waals surface area contributed by atoms with Gasteiger partial charge in [0.1, 0.15) is 5.82 Å². The summed E-state index contributed by atoms with van der Waals surface area (Å²) < 4.78 is 18.8. The second kappa shape index (κ2) is 3.10. The molecule has 1 aromatic carbocycles. The maximum Gasteiger partial charge on any atom is 0.441 e. The number of hydrogen-bond donors (Lipinski definition) is 0. The van der Waals surface area contributed by atoms with Crippen molar-refractivity contribution in [3.63, 3.8) is 0 Å². The first-order chi connectivity index (χ1) is 6.70. The van der Waals surface area contributed by atoms with Crippen molar-refractivity contribution < 1.29 is 8.91 Å². The zero-order valence-corrected chi connectivity index (χ0v) is 7.40. The maximum atomic E-state index is 13.3. The van der Waals surface area contributed by atoms with Gasteiger partial charge < -0.3 is 0 Å². The van der Waals surface area contributed by atoms with Crippen LogP contribution in [0.4, 0.5) is 4.39 Å². The molecule has 0 amide bonds. The molecule has 5 heteroatoms. The SMILES string of the molecule is Cn1c(-c2ccccc2F)noc1=O. The summed E-state index contributed by atoms with van der Waals surface area (Å²) in [6.45, 7) is 0. The first-order valence-electron chi connectivity index (χ1n) is 3.98. The van der Waals surface area contributed by atoms with E-state index in [4.69, 9.17) is 0 Å². The van der Waals surface area contributed by atoms with Crippen LogP contribution in [0.2, 0.25) is 0 Å². The molecule has 0 atom stereocenters. The van der Waals surface area contributed by atoms with Gasteiger partial charge in [-0.25, -0.2) is 9.18 Å². The molecule has 72 valence electrons. The van der Waals surface area contributed by atoms with E-state index < -0.39 is 11.6 Å². The van der Waals surface area contributed by atoms with Gasteiger partial charge in [-0.3, -0.25) is 9.09 Å². The number of halogens is 1. The highest BCUT2D eigenvalue weighted by molar-refractivity contribution is 5.55. The van der Waals surface area contributed by atoms with Crippen molar-refractivity contribution in [2.24, 2.45) is 7.05 Å². The molecule has 2 rings (SSSR count). The molecule has 2 aromatic rings. The Balaban J connectivity index is 2.66. The maximum absolute atomic E-state index is 13.3. The fourth-order valence-corrected chi connectivity index (χ4v) is 1.16. The Morgan fingerprint density at radius 1 is 1.43 bits per heavy atom. The number of rotatable bonds is 1. The van der Waals surface area contributed by atoms with Gasteiger partial charge in [-0.2, -0.15) is 0 Å². The third-order valence-electron chi connectivity index (χ3n) is 1.92. The monoisotopic (exact) mass is 194 g/mol. The Kier molecular flexibility index (Phi) is 1.92. The Morgan fingerprint density at radius 3 is 2.71 bits per heavy atom. The second-order valence-corrected chi connectivity index (χ2v) is 2.81. The molecule has 0 N–H and O–H groups in total. The van der Waals surface area contributed by atoms with E-state index in [1.165, 1.54) is 19.2 Å². The Morgan fingerprint density at radius 2 is 2.14 bits per heavy atom. The smallest absolute Gasteiger partial charge is 0.295 e. The van der Waals surface area contributed by atoms with Crippen LogP contribution in [0, 0.1) is 5.82 Å². The van der Waals surface area contributed by atoms with E-state index in [0.717, 1.165) is 4.57 Å². The lowest BCUT2D eigenvalue weighted by molar-refractivity contribution is 0.380. The van der Waals surface area contributed by atoms with E-state index in [1.54, 1.807) is 12.1 Å². The van der Waals surface area contributed by atoms with Crippen molar-refractivity contribution >= 4 is 0 Å². The normalized spacial score (nSPS) is 10.4. The van der Waals surface area contributed by atoms with Crippen molar-refractivity contribution in [3.8, 4) is 11.4 Å². The zero-order chi connectivity index (χ0) is 10.1. The highest BCUT2D eigenvalue weighted by Crippen LogP contribution is 2.18. The molecule has 0 saturated heterocycles. The van der Waals surface area contributed by atoms with Gasteiger partial charge in [-0.15, -0.1) is 0 Å². The second-order valence-electron chi connectivity index (χ2n) is 2.81. The number of benzene rings is 1. The van der Waals surface area contributed by atoms with Gasteiger partial charge in [-0.05, 0) is 12.1 Å². The summed E-state index contributed by atoms with van der Waals surface area (Å²) in [6.07, 6.45) is 0. The lowest BCUT2D eigenvalue weighted by atomic mass is 10.2. The molecule has 0 aliphatic carbocycles. The minimum absolute atomic E-state index is 0.188. The van der Waals surface area contributed by atoms with E-state index in [0.29, 0.717) is 0 Å². The number of aromatic nitrogens is 2. The third-order valence-corrected chi connectivity index (χ3v) is 1.92. The van der Waals surface area contributed by atoms with E-state index in [9.17, 15) is 9.18 Å². The van der Waals surface area contributed by atoms with Gasteiger partial charge in [0.05, 0.1) is 5.56 Å². The molecule has 14 heavy (non-hydrogen) atoms. The van der Waals surface area contributed by atoms with E-state index in [1.807, 2.05) is 0 Å². The van der Waals surface area contributed by atoms with E-state index in [-0.39, 0.29) is 11.4 Å². The van der Waals surface area contributed by atoms with Crippen LogP contribution in [0.3, 0.4) is 0 Å². The molecule has 4 nitrogen and oxygen atoms in total. The van der Waals surface area contributed by atoms with Crippen molar-refractivity contribution in [1.82, 2.24) is 9.72 Å². The average Bonchev–Trinajstić information content (AvgIpc) is 2.49. The van der Waals surface area contributed by atoms with Crippen LogP contribution >= 0.6 is 0 Å². The molecule has 0 aliphatic rings. The lowest BCUT2D eigenvalue weighted by Crippen LogP contribution is -2.10. The van der Waals surface area contributed by atoms with E-state index in [2.05, 4.69) is 9.68 Å². The van der Waals surface area contributed by atoms with Gasteiger partial charge in [-0.1, -0.05) is 17.3 Å². The van der Waals surface area contributed by atoms with Crippen LogP contribution in [-0.4, -0.2) is 9.72 Å². The molecule has 1 heterocycles. The minimum atomic E-state index is -0.608. The third kappa shape index (κ3) is 1.22. The van der Waals surface area contributed by atoms with Crippen LogP contribution in [0.15, 0.2) is 33.6 Å². The first kappa shape index (κ1) is 8.68. The highest BCUT2D eigenvalue weighted by atomic mass is 19.1. The van der Waals surface area contributed by atoms with Crippen LogP contribution in [0.1, 0.15) is 0 Å². The predicted octanol–water partition coefficient (Wildman–Crippen LogP) is 1.18. The van der Waals surface area contributed by atoms with Gasteiger partial charge in [0.2, 0.25) is 0 Å². The molecular formula is C9H7FN2O2. The molecule has 0 unspecified atom stereocenters. The van der Waals surface area contributed by atoms with Crippen LogP contribution in [0.5, 0.6) is 0 Å². The van der Waals surface area contributed by atoms with Crippen LogP contribution < -0.4 is 5.76 Å². The molecule has 0 saturated carbocycles. The summed E-state index contributed by atoms with van der Waals surface area (Å²) in [6, 6.07) is 6.07. The van der Waals surface area contributed by atoms with Gasteiger partial charge >= 0.3 is 5.76 Å². The molecule has 0 fully saturated rings. The quantitative estimate of drug-likeness (QED) is 0.684. The molecule has 0 bridgehead atoms. The van der Waals surface area contributed by atoms with Crippen LogP contribution in [-0.2, 0) is 7.05 Å². The van der Waals surface area contributed by atoms with Gasteiger partial charge in [0, 0.05) is 7.05 Å². The number of hydrogen-bond acceptors (Lipinski definition) is 3. The van der Waals surface area contributed by atoms with Gasteiger partial charge in [0.15, 0.2) is 5.82 Å². The predicted molar refractivity (Wildman–Crippen MR) is 47.1 cm³/mol. The average molecular weight is 194 g/mol. The Hall–Kier alpha value is -1.91. The summed E-state index contributed by atoms with van der Waals surface area (Å²) in [7, 11) is 1.47. The summed E-state index contributed by atoms with van der Waals surface area (Å²) in [5, 5.41) is 3.48. The van der Waals surface area contributed by atoms with Crippen molar-refractivity contribution in [2.45, 2.75) is 0 Å². The fraction of sp³-hybridized carbons (Fsp3) is 0.111. The van der Waals surface area contributed by atoms with E-state index >= 15 is 0 Å². The standard InChI is InChI=1S/C9H7FN2O2/c1-12-8(11-14-9(12)13)6-4-2-3-5-7(6)10/h2-5H,1H3. The van der Waals surface area contributed by atoms with Crippen molar-refractivity contribution in [3.05, 3.63) is 40.6 Å². The van der Waals surface area contributed by atoms with Crippen LogP contribution in [0.25, 0.3) is 11.4 Å². The molecule has 0 aliphatic heterocycles. The molecular weight excluding hydrogens is 187 g/mol. The number of nitrogens with zero attached hydrogens (tertiary/aromatic N) is 2. The first-order valence-corrected chi connectivity index (χ1v) is 3.98. The fourth-order valence-electron chi connectivity index (χ4n) is 1.16. The Bertz CT molecular complexity index is 516. The summed E-state index contributed by atoms with van der Waals surface area (Å²) >= 11 is 0. The molecule has 0 spiro atoms. The molecule has 0 radical (unpaired) electrons. The summed E-state index contributed by atoms with van der Waals surface area (Å²) in [4.78, 5) is 10.9. The van der Waals surface area contributed by atoms with Crippen molar-refractivity contribution in [2.75, 3.05) is 0 Å².